The standard InChI is InChI=1S/C19H34NO4P/c1-2-3-4-5-6-7-14-24-19-11-9-18(10-12-19)16-20-13-8-15-25(22,23)17-21/h9-12,20-21H,2-8,13-17H2,1H3,(H,22,23). The molecule has 0 radical (unpaired) electrons. The van der Waals surface area contributed by atoms with E-state index in [1.807, 2.05) is 24.3 Å². The maximum Gasteiger partial charge on any atom is 0.225 e. The number of aliphatic hydroxyl groups excluding tert-OH is 1. The lowest BCUT2D eigenvalue weighted by molar-refractivity contribution is 0.304. The number of unbranched alkanes of at least 4 members (excludes halogenated alkanes) is 5. The number of nitrogens with one attached hydrogen (secondary N) is 1. The van der Waals surface area contributed by atoms with E-state index >= 15 is 0 Å². The van der Waals surface area contributed by atoms with Crippen molar-refractivity contribution >= 4 is 7.37 Å². The molecule has 0 aromatic heterocycles. The first kappa shape index (κ1) is 22.2. The first-order chi connectivity index (χ1) is 12.1. The minimum Gasteiger partial charge on any atom is -0.494 e. The van der Waals surface area contributed by atoms with Crippen LogP contribution < -0.4 is 10.1 Å². The third-order valence-corrected chi connectivity index (χ3v) is 5.56. The highest BCUT2D eigenvalue weighted by molar-refractivity contribution is 7.57. The predicted octanol–water partition coefficient (Wildman–Crippen LogP) is 4.13. The van der Waals surface area contributed by atoms with Crippen LogP contribution >= 0.6 is 7.37 Å². The van der Waals surface area contributed by atoms with Gasteiger partial charge in [0.15, 0.2) is 0 Å². The molecule has 0 aliphatic heterocycles. The van der Waals surface area contributed by atoms with E-state index in [9.17, 15) is 9.46 Å². The van der Waals surface area contributed by atoms with Crippen molar-refractivity contribution in [3.05, 3.63) is 29.8 Å². The summed E-state index contributed by atoms with van der Waals surface area (Å²) in [4.78, 5) is 9.28. The molecule has 0 heterocycles. The van der Waals surface area contributed by atoms with Crippen LogP contribution in [-0.4, -0.2) is 35.7 Å². The van der Waals surface area contributed by atoms with E-state index in [0.717, 1.165) is 24.3 Å². The summed E-state index contributed by atoms with van der Waals surface area (Å²) in [6.45, 7) is 4.37. The Labute approximate surface area is 152 Å². The molecule has 1 aromatic rings. The lowest BCUT2D eigenvalue weighted by Gasteiger charge is -2.10. The Kier molecular flexibility index (Phi) is 11.8. The van der Waals surface area contributed by atoms with E-state index in [0.29, 0.717) is 19.5 Å². The van der Waals surface area contributed by atoms with E-state index in [-0.39, 0.29) is 6.16 Å². The third kappa shape index (κ3) is 11.4. The van der Waals surface area contributed by atoms with Gasteiger partial charge in [-0.2, -0.15) is 0 Å². The molecule has 1 unspecified atom stereocenters. The smallest absolute Gasteiger partial charge is 0.225 e. The van der Waals surface area contributed by atoms with Crippen LogP contribution in [0.4, 0.5) is 0 Å². The summed E-state index contributed by atoms with van der Waals surface area (Å²) in [6, 6.07) is 8.05. The molecule has 0 aliphatic carbocycles. The number of rotatable bonds is 15. The van der Waals surface area contributed by atoms with Gasteiger partial charge in [-0.1, -0.05) is 51.2 Å². The molecule has 0 spiro atoms. The van der Waals surface area contributed by atoms with E-state index in [4.69, 9.17) is 9.84 Å². The average molecular weight is 371 g/mol. The molecule has 3 N–H and O–H groups in total. The van der Waals surface area contributed by atoms with Crippen molar-refractivity contribution in [1.82, 2.24) is 5.32 Å². The fourth-order valence-corrected chi connectivity index (χ4v) is 3.32. The number of benzene rings is 1. The summed E-state index contributed by atoms with van der Waals surface area (Å²) < 4.78 is 17.0. The van der Waals surface area contributed by atoms with Crippen molar-refractivity contribution in [1.29, 1.82) is 0 Å². The second-order valence-corrected chi connectivity index (χ2v) is 8.92. The van der Waals surface area contributed by atoms with Crippen molar-refractivity contribution in [2.75, 3.05) is 25.7 Å². The Hall–Kier alpha value is -0.870. The van der Waals surface area contributed by atoms with E-state index in [2.05, 4.69) is 12.2 Å². The minimum atomic E-state index is -3.32. The van der Waals surface area contributed by atoms with Gasteiger partial charge < -0.3 is 20.1 Å². The lowest BCUT2D eigenvalue weighted by Crippen LogP contribution is -2.16. The Balaban J connectivity index is 2.10. The Morgan fingerprint density at radius 1 is 1.04 bits per heavy atom. The number of ether oxygens (including phenoxy) is 1. The molecular formula is C19H34NO4P. The molecule has 6 heteroatoms. The first-order valence-corrected chi connectivity index (χ1v) is 11.4. The Morgan fingerprint density at radius 2 is 1.72 bits per heavy atom. The molecule has 0 amide bonds. The van der Waals surface area contributed by atoms with Gasteiger partial charge in [-0.3, -0.25) is 4.57 Å². The second-order valence-electron chi connectivity index (χ2n) is 6.50. The van der Waals surface area contributed by atoms with E-state index < -0.39 is 13.7 Å². The first-order valence-electron chi connectivity index (χ1n) is 9.41. The molecule has 0 aliphatic rings. The van der Waals surface area contributed by atoms with Gasteiger partial charge in [0.05, 0.1) is 6.61 Å². The third-order valence-electron chi connectivity index (χ3n) is 4.10. The maximum atomic E-state index is 11.3. The molecule has 1 rings (SSSR count). The normalized spacial score (nSPS) is 13.6. The predicted molar refractivity (Wildman–Crippen MR) is 103 cm³/mol. The van der Waals surface area contributed by atoms with Gasteiger partial charge in [-0.15, -0.1) is 0 Å². The molecular weight excluding hydrogens is 337 g/mol. The highest BCUT2D eigenvalue weighted by Crippen LogP contribution is 2.39. The van der Waals surface area contributed by atoms with Crippen LogP contribution in [0.2, 0.25) is 0 Å². The SMILES string of the molecule is CCCCCCCCOc1ccc(CNCCCP(=O)(O)CO)cc1. The summed E-state index contributed by atoms with van der Waals surface area (Å²) in [5, 5.41) is 12.0. The fraction of sp³-hybridized carbons (Fsp3) is 0.684. The van der Waals surface area contributed by atoms with Crippen LogP contribution in [0.25, 0.3) is 0 Å². The molecule has 0 saturated heterocycles. The number of hydrogen-bond donors (Lipinski definition) is 3. The van der Waals surface area contributed by atoms with Crippen LogP contribution in [0, 0.1) is 0 Å². The number of hydrogen-bond acceptors (Lipinski definition) is 4. The lowest BCUT2D eigenvalue weighted by atomic mass is 10.1. The molecule has 25 heavy (non-hydrogen) atoms. The van der Waals surface area contributed by atoms with Gasteiger partial charge in [0.2, 0.25) is 7.37 Å². The van der Waals surface area contributed by atoms with Crippen LogP contribution in [-0.2, 0) is 11.1 Å². The summed E-state index contributed by atoms with van der Waals surface area (Å²) in [5.41, 5.74) is 1.15. The molecule has 1 atom stereocenters. The van der Waals surface area contributed by atoms with Crippen molar-refractivity contribution in [3.63, 3.8) is 0 Å². The number of aliphatic hydroxyl groups is 1. The molecule has 5 nitrogen and oxygen atoms in total. The molecule has 0 saturated carbocycles. The van der Waals surface area contributed by atoms with Gasteiger partial charge in [0.25, 0.3) is 0 Å². The minimum absolute atomic E-state index is 0.154. The van der Waals surface area contributed by atoms with E-state index in [1.165, 1.54) is 32.1 Å². The monoisotopic (exact) mass is 371 g/mol. The van der Waals surface area contributed by atoms with Crippen molar-refractivity contribution in [2.45, 2.75) is 58.4 Å². The molecule has 0 bridgehead atoms. The summed E-state index contributed by atoms with van der Waals surface area (Å²) in [7, 11) is -3.32. The molecule has 144 valence electrons. The zero-order chi connectivity index (χ0) is 18.4. The highest BCUT2D eigenvalue weighted by Gasteiger charge is 2.14. The molecule has 0 fully saturated rings. The van der Waals surface area contributed by atoms with Gasteiger partial charge >= 0.3 is 0 Å². The molecule has 1 aromatic carbocycles. The summed E-state index contributed by atoms with van der Waals surface area (Å²) in [6.07, 6.45) is 7.68. The maximum absolute atomic E-state index is 11.3. The van der Waals surface area contributed by atoms with Crippen molar-refractivity contribution in [3.8, 4) is 5.75 Å². The van der Waals surface area contributed by atoms with Crippen molar-refractivity contribution in [2.24, 2.45) is 0 Å². The van der Waals surface area contributed by atoms with Crippen LogP contribution in [0.3, 0.4) is 0 Å². The largest absolute Gasteiger partial charge is 0.494 e. The Bertz CT molecular complexity index is 493. The highest BCUT2D eigenvalue weighted by atomic mass is 31.2. The van der Waals surface area contributed by atoms with Gasteiger partial charge in [0, 0.05) is 12.7 Å². The van der Waals surface area contributed by atoms with Gasteiger partial charge in [-0.05, 0) is 37.1 Å². The van der Waals surface area contributed by atoms with E-state index in [1.54, 1.807) is 0 Å². The zero-order valence-corrected chi connectivity index (χ0v) is 16.3. The fourth-order valence-electron chi connectivity index (χ4n) is 2.53. The zero-order valence-electron chi connectivity index (χ0n) is 15.5. The Morgan fingerprint density at radius 3 is 2.40 bits per heavy atom. The topological polar surface area (TPSA) is 78.8 Å². The average Bonchev–Trinajstić information content (AvgIpc) is 2.62. The van der Waals surface area contributed by atoms with Crippen LogP contribution in [0.5, 0.6) is 5.75 Å². The second kappa shape index (κ2) is 13.3. The van der Waals surface area contributed by atoms with Gasteiger partial charge in [0.1, 0.15) is 12.1 Å². The summed E-state index contributed by atoms with van der Waals surface area (Å²) >= 11 is 0. The quantitative estimate of drug-likeness (QED) is 0.319. The van der Waals surface area contributed by atoms with Crippen LogP contribution in [0.1, 0.15) is 57.4 Å². The van der Waals surface area contributed by atoms with Gasteiger partial charge in [-0.25, -0.2) is 0 Å². The van der Waals surface area contributed by atoms with Crippen molar-refractivity contribution < 1.29 is 19.3 Å². The van der Waals surface area contributed by atoms with Crippen LogP contribution in [0.15, 0.2) is 24.3 Å². The summed E-state index contributed by atoms with van der Waals surface area (Å²) in [5.74, 6) is 0.904.